The van der Waals surface area contributed by atoms with Gasteiger partial charge in [0.05, 0.1) is 24.8 Å². The maximum atomic E-state index is 13.4. The van der Waals surface area contributed by atoms with Crippen LogP contribution in [0.2, 0.25) is 0 Å². The fraction of sp³-hybridized carbons (Fsp3) is 0.333. The number of hydrogen-bond acceptors (Lipinski definition) is 5. The van der Waals surface area contributed by atoms with E-state index in [9.17, 15) is 9.59 Å². The van der Waals surface area contributed by atoms with Crippen molar-refractivity contribution in [1.29, 1.82) is 0 Å². The summed E-state index contributed by atoms with van der Waals surface area (Å²) in [7, 11) is 3.43. The van der Waals surface area contributed by atoms with Crippen molar-refractivity contribution in [2.75, 3.05) is 0 Å². The lowest BCUT2D eigenvalue weighted by Crippen LogP contribution is -2.38. The van der Waals surface area contributed by atoms with Gasteiger partial charge in [0.2, 0.25) is 0 Å². The predicted molar refractivity (Wildman–Crippen MR) is 132 cm³/mol. The van der Waals surface area contributed by atoms with Gasteiger partial charge < -0.3 is 4.57 Å². The first-order chi connectivity index (χ1) is 15.9. The monoisotopic (exact) mass is 462 g/mol. The molecule has 170 valence electrons. The molecule has 0 amide bonds. The lowest BCUT2D eigenvalue weighted by atomic mass is 10.1. The molecule has 4 aromatic rings. The molecular formula is C24H26N6O2S. The summed E-state index contributed by atoms with van der Waals surface area (Å²) in [4.78, 5) is 31.9. The van der Waals surface area contributed by atoms with E-state index in [2.05, 4.69) is 34.7 Å². The number of fused-ring (bicyclic) bond motifs is 2. The lowest BCUT2D eigenvalue weighted by molar-refractivity contribution is 0.498. The Morgan fingerprint density at radius 1 is 1.18 bits per heavy atom. The Balaban J connectivity index is 1.80. The van der Waals surface area contributed by atoms with E-state index in [0.29, 0.717) is 29.8 Å². The van der Waals surface area contributed by atoms with Gasteiger partial charge in [0.25, 0.3) is 5.56 Å². The second-order valence-electron chi connectivity index (χ2n) is 8.84. The molecule has 4 aromatic heterocycles. The van der Waals surface area contributed by atoms with Crippen molar-refractivity contribution in [3.63, 3.8) is 0 Å². The SMILES string of the molecule is CC(C)Cn1c(=O)n(C)c(=O)c2c(-c3cncn3C)n(Cc3csc4c3CC=CC=C4)nc21. The topological polar surface area (TPSA) is 79.6 Å². The van der Waals surface area contributed by atoms with Crippen LogP contribution in [-0.2, 0) is 33.6 Å². The van der Waals surface area contributed by atoms with Crippen LogP contribution in [0.5, 0.6) is 0 Å². The molecule has 0 saturated carbocycles. The van der Waals surface area contributed by atoms with E-state index in [0.717, 1.165) is 17.7 Å². The molecule has 0 aliphatic heterocycles. The fourth-order valence-corrected chi connectivity index (χ4v) is 5.36. The Morgan fingerprint density at radius 2 is 2.00 bits per heavy atom. The molecule has 0 saturated heterocycles. The van der Waals surface area contributed by atoms with E-state index < -0.39 is 0 Å². The zero-order chi connectivity index (χ0) is 23.3. The molecule has 9 heteroatoms. The maximum absolute atomic E-state index is 13.4. The number of aryl methyl sites for hydroxylation is 1. The summed E-state index contributed by atoms with van der Waals surface area (Å²) >= 11 is 1.71. The van der Waals surface area contributed by atoms with E-state index in [-0.39, 0.29) is 17.2 Å². The van der Waals surface area contributed by atoms with Gasteiger partial charge in [0.15, 0.2) is 5.65 Å². The van der Waals surface area contributed by atoms with Gasteiger partial charge in [-0.1, -0.05) is 32.1 Å². The zero-order valence-electron chi connectivity index (χ0n) is 19.1. The number of thiophene rings is 1. The molecule has 0 N–H and O–H groups in total. The Hall–Kier alpha value is -3.46. The van der Waals surface area contributed by atoms with Crippen LogP contribution in [0, 0.1) is 5.92 Å². The van der Waals surface area contributed by atoms with Crippen molar-refractivity contribution in [3.8, 4) is 11.4 Å². The van der Waals surface area contributed by atoms with Crippen LogP contribution < -0.4 is 11.2 Å². The number of nitrogens with zero attached hydrogens (tertiary/aromatic N) is 6. The molecule has 0 atom stereocenters. The fourth-order valence-electron chi connectivity index (χ4n) is 4.36. The average molecular weight is 463 g/mol. The normalized spacial score (nSPS) is 13.2. The number of rotatable bonds is 5. The van der Waals surface area contributed by atoms with E-state index in [1.54, 1.807) is 28.4 Å². The van der Waals surface area contributed by atoms with Gasteiger partial charge >= 0.3 is 5.69 Å². The Kier molecular flexibility index (Phi) is 5.28. The van der Waals surface area contributed by atoms with Crippen LogP contribution in [0.15, 0.2) is 45.7 Å². The highest BCUT2D eigenvalue weighted by atomic mass is 32.1. The highest BCUT2D eigenvalue weighted by molar-refractivity contribution is 7.11. The van der Waals surface area contributed by atoms with E-state index in [4.69, 9.17) is 5.10 Å². The summed E-state index contributed by atoms with van der Waals surface area (Å²) in [5.41, 5.74) is 3.64. The summed E-state index contributed by atoms with van der Waals surface area (Å²) in [6.45, 7) is 5.07. The van der Waals surface area contributed by atoms with Gasteiger partial charge in [-0.2, -0.15) is 5.10 Å². The minimum absolute atomic E-state index is 0.222. The second kappa shape index (κ2) is 8.15. The third-order valence-electron chi connectivity index (χ3n) is 5.98. The molecule has 0 spiro atoms. The molecule has 0 bridgehead atoms. The molecule has 0 aromatic carbocycles. The molecular weight excluding hydrogens is 436 g/mol. The average Bonchev–Trinajstić information content (AvgIpc) is 3.42. The van der Waals surface area contributed by atoms with Gasteiger partial charge in [-0.3, -0.25) is 18.6 Å². The van der Waals surface area contributed by atoms with Crippen LogP contribution in [0.25, 0.3) is 28.5 Å². The predicted octanol–water partition coefficient (Wildman–Crippen LogP) is 3.19. The van der Waals surface area contributed by atoms with Crippen LogP contribution in [0.3, 0.4) is 0 Å². The summed E-state index contributed by atoms with van der Waals surface area (Å²) in [6.07, 6.45) is 12.7. The van der Waals surface area contributed by atoms with Crippen LogP contribution >= 0.6 is 11.3 Å². The molecule has 8 nitrogen and oxygen atoms in total. The van der Waals surface area contributed by atoms with Gasteiger partial charge in [0, 0.05) is 25.5 Å². The minimum atomic E-state index is -0.345. The van der Waals surface area contributed by atoms with Crippen molar-refractivity contribution in [3.05, 3.63) is 73.0 Å². The smallest absolute Gasteiger partial charge is 0.332 e. The van der Waals surface area contributed by atoms with Gasteiger partial charge in [-0.15, -0.1) is 11.3 Å². The standard InChI is InChI=1S/C24H26N6O2S/c1-15(2)11-29-22-20(23(31)28(4)24(29)32)21(18-10-25-14-27(18)3)30(26-22)12-16-13-33-19-9-7-5-6-8-17(16)19/h5-7,9-10,13-15H,8,11-12H2,1-4H3. The summed E-state index contributed by atoms with van der Waals surface area (Å²) < 4.78 is 6.55. The number of hydrogen-bond donors (Lipinski definition) is 0. The molecule has 0 fully saturated rings. The van der Waals surface area contributed by atoms with Crippen molar-refractivity contribution in [2.24, 2.45) is 20.0 Å². The van der Waals surface area contributed by atoms with E-state index >= 15 is 0 Å². The largest absolute Gasteiger partial charge is 0.332 e. The minimum Gasteiger partial charge on any atom is -0.332 e. The third-order valence-corrected chi connectivity index (χ3v) is 7.02. The summed E-state index contributed by atoms with van der Waals surface area (Å²) in [5.74, 6) is 0.222. The number of imidazole rings is 1. The Labute approximate surface area is 194 Å². The van der Waals surface area contributed by atoms with Gasteiger partial charge in [-0.05, 0) is 34.9 Å². The first kappa shape index (κ1) is 21.4. The van der Waals surface area contributed by atoms with Crippen molar-refractivity contribution in [2.45, 2.75) is 33.4 Å². The van der Waals surface area contributed by atoms with Crippen LogP contribution in [0.4, 0.5) is 0 Å². The molecule has 33 heavy (non-hydrogen) atoms. The third kappa shape index (κ3) is 3.52. The quantitative estimate of drug-likeness (QED) is 0.456. The lowest BCUT2D eigenvalue weighted by Gasteiger charge is -2.11. The van der Waals surface area contributed by atoms with Crippen molar-refractivity contribution < 1.29 is 0 Å². The highest BCUT2D eigenvalue weighted by Gasteiger charge is 2.25. The molecule has 1 aliphatic rings. The Morgan fingerprint density at radius 3 is 2.73 bits per heavy atom. The van der Waals surface area contributed by atoms with Crippen molar-refractivity contribution in [1.82, 2.24) is 28.5 Å². The number of allylic oxidation sites excluding steroid dienone is 3. The first-order valence-corrected chi connectivity index (χ1v) is 11.8. The highest BCUT2D eigenvalue weighted by Crippen LogP contribution is 2.31. The summed E-state index contributed by atoms with van der Waals surface area (Å²) in [5, 5.41) is 7.47. The van der Waals surface area contributed by atoms with E-state index in [1.165, 1.54) is 22.1 Å². The molecule has 0 radical (unpaired) electrons. The van der Waals surface area contributed by atoms with Gasteiger partial charge in [-0.25, -0.2) is 9.78 Å². The maximum Gasteiger partial charge on any atom is 0.332 e. The number of aromatic nitrogens is 6. The molecule has 1 aliphatic carbocycles. The zero-order valence-corrected chi connectivity index (χ0v) is 20.0. The molecule has 4 heterocycles. The summed E-state index contributed by atoms with van der Waals surface area (Å²) in [6, 6.07) is 0. The van der Waals surface area contributed by atoms with E-state index in [1.807, 2.05) is 30.1 Å². The Bertz CT molecular complexity index is 1540. The van der Waals surface area contributed by atoms with Crippen molar-refractivity contribution >= 4 is 28.4 Å². The second-order valence-corrected chi connectivity index (χ2v) is 9.75. The van der Waals surface area contributed by atoms with Crippen LogP contribution in [0.1, 0.15) is 29.9 Å². The van der Waals surface area contributed by atoms with Gasteiger partial charge in [0.1, 0.15) is 11.1 Å². The first-order valence-electron chi connectivity index (χ1n) is 11.0. The molecule has 5 rings (SSSR count). The van der Waals surface area contributed by atoms with Crippen LogP contribution in [-0.4, -0.2) is 28.5 Å². The molecule has 0 unspecified atom stereocenters.